The molecule has 3 aromatic carbocycles. The quantitative estimate of drug-likeness (QED) is 0.479. The number of hydrogen-bond donors (Lipinski definition) is 0. The van der Waals surface area contributed by atoms with Gasteiger partial charge in [0.05, 0.1) is 6.04 Å². The average Bonchev–Trinajstić information content (AvgIpc) is 2.78. The van der Waals surface area contributed by atoms with Gasteiger partial charge in [0.2, 0.25) is 0 Å². The number of rotatable bonds is 3. The smallest absolute Gasteiger partial charge is 0.335 e. The number of hydrogen-bond acceptors (Lipinski definition) is 3. The Hall–Kier alpha value is -3.31. The van der Waals surface area contributed by atoms with Crippen molar-refractivity contribution in [3.8, 4) is 5.75 Å². The number of aryl methyl sites for hydroxylation is 1. The minimum Gasteiger partial charge on any atom is -0.467 e. The van der Waals surface area contributed by atoms with Crippen molar-refractivity contribution >= 4 is 29.2 Å². The van der Waals surface area contributed by atoms with Crippen LogP contribution < -0.4 is 9.64 Å². The standard InChI is InChI=1S/C26H23ClN2O3/c1-3-17-8-6-11-20(14-17)29-25(31)28(24(30)18-9-7-10-19(27)15-18)22-16-26(29,2)32-23-13-5-4-12-21(22)23/h4-15,22H,3,16H2,1-2H3/t22-,26+/m1/s1. The zero-order valence-corrected chi connectivity index (χ0v) is 18.7. The third kappa shape index (κ3) is 3.24. The fourth-order valence-corrected chi connectivity index (χ4v) is 4.88. The van der Waals surface area contributed by atoms with Crippen LogP contribution in [0, 0.1) is 0 Å². The van der Waals surface area contributed by atoms with Crippen molar-refractivity contribution in [1.82, 2.24) is 4.90 Å². The summed E-state index contributed by atoms with van der Waals surface area (Å²) in [4.78, 5) is 30.6. The molecule has 2 aliphatic heterocycles. The molecule has 2 aliphatic rings. The van der Waals surface area contributed by atoms with Gasteiger partial charge >= 0.3 is 6.03 Å². The van der Waals surface area contributed by atoms with E-state index in [1.807, 2.05) is 55.5 Å². The van der Waals surface area contributed by atoms with E-state index in [0.717, 1.165) is 17.5 Å². The molecular weight excluding hydrogens is 424 g/mol. The molecule has 162 valence electrons. The largest absolute Gasteiger partial charge is 0.467 e. The van der Waals surface area contributed by atoms with Gasteiger partial charge in [0, 0.05) is 28.3 Å². The lowest BCUT2D eigenvalue weighted by atomic mass is 9.88. The Kier molecular flexibility index (Phi) is 4.94. The molecule has 2 heterocycles. The molecule has 5 nitrogen and oxygen atoms in total. The summed E-state index contributed by atoms with van der Waals surface area (Å²) in [5, 5.41) is 0.449. The fourth-order valence-electron chi connectivity index (χ4n) is 4.69. The second kappa shape index (κ2) is 7.68. The van der Waals surface area contributed by atoms with Gasteiger partial charge in [-0.05, 0) is 55.3 Å². The van der Waals surface area contributed by atoms with Crippen molar-refractivity contribution in [2.45, 2.75) is 38.5 Å². The molecule has 0 N–H and O–H groups in total. The average molecular weight is 447 g/mol. The first-order chi connectivity index (χ1) is 15.4. The Labute approximate surface area is 192 Å². The minimum absolute atomic E-state index is 0.376. The fraction of sp³-hybridized carbons (Fsp3) is 0.231. The lowest BCUT2D eigenvalue weighted by Crippen LogP contribution is -2.67. The van der Waals surface area contributed by atoms with Gasteiger partial charge in [-0.3, -0.25) is 14.6 Å². The normalized spacial score (nSPS) is 21.7. The molecule has 1 fully saturated rings. The highest BCUT2D eigenvalue weighted by molar-refractivity contribution is 6.31. The first-order valence-corrected chi connectivity index (χ1v) is 11.1. The van der Waals surface area contributed by atoms with Crippen LogP contribution in [-0.2, 0) is 6.42 Å². The number of halogens is 1. The Morgan fingerprint density at radius 3 is 2.66 bits per heavy atom. The van der Waals surface area contributed by atoms with Gasteiger partial charge in [0.25, 0.3) is 5.91 Å². The molecule has 5 rings (SSSR count). The van der Waals surface area contributed by atoms with Gasteiger partial charge in [0.1, 0.15) is 5.75 Å². The highest BCUT2D eigenvalue weighted by Crippen LogP contribution is 2.49. The summed E-state index contributed by atoms with van der Waals surface area (Å²) in [7, 11) is 0. The zero-order valence-electron chi connectivity index (χ0n) is 17.9. The summed E-state index contributed by atoms with van der Waals surface area (Å²) >= 11 is 6.14. The number of para-hydroxylation sites is 1. The molecule has 3 amide bonds. The number of nitrogens with zero attached hydrogens (tertiary/aromatic N) is 2. The van der Waals surface area contributed by atoms with E-state index in [-0.39, 0.29) is 5.91 Å². The van der Waals surface area contributed by atoms with E-state index in [0.29, 0.717) is 28.4 Å². The van der Waals surface area contributed by atoms with E-state index in [1.165, 1.54) is 4.90 Å². The predicted octanol–water partition coefficient (Wildman–Crippen LogP) is 6.22. The van der Waals surface area contributed by atoms with Gasteiger partial charge in [-0.15, -0.1) is 0 Å². The Morgan fingerprint density at radius 1 is 1.09 bits per heavy atom. The molecule has 0 spiro atoms. The maximum Gasteiger partial charge on any atom is 0.335 e. The molecule has 0 saturated carbocycles. The third-order valence-electron chi connectivity index (χ3n) is 6.23. The van der Waals surface area contributed by atoms with Crippen LogP contribution in [-0.4, -0.2) is 22.6 Å². The first kappa shape index (κ1) is 20.6. The van der Waals surface area contributed by atoms with Gasteiger partial charge in [-0.1, -0.05) is 54.9 Å². The lowest BCUT2D eigenvalue weighted by molar-refractivity contribution is 0.00268. The molecular formula is C26H23ClN2O3. The van der Waals surface area contributed by atoms with Gasteiger partial charge in [-0.2, -0.15) is 0 Å². The van der Waals surface area contributed by atoms with Crippen molar-refractivity contribution in [1.29, 1.82) is 0 Å². The van der Waals surface area contributed by atoms with E-state index >= 15 is 0 Å². The predicted molar refractivity (Wildman–Crippen MR) is 124 cm³/mol. The van der Waals surface area contributed by atoms with Crippen molar-refractivity contribution in [3.05, 3.63) is 94.5 Å². The topological polar surface area (TPSA) is 49.9 Å². The summed E-state index contributed by atoms with van der Waals surface area (Å²) in [6.45, 7) is 3.98. The summed E-state index contributed by atoms with van der Waals surface area (Å²) in [6.07, 6.45) is 1.29. The van der Waals surface area contributed by atoms with Crippen molar-refractivity contribution in [2.24, 2.45) is 0 Å². The molecule has 6 heteroatoms. The van der Waals surface area contributed by atoms with Crippen LogP contribution in [0.15, 0.2) is 72.8 Å². The van der Waals surface area contributed by atoms with E-state index < -0.39 is 17.8 Å². The number of fused-ring (bicyclic) bond motifs is 4. The molecule has 32 heavy (non-hydrogen) atoms. The summed E-state index contributed by atoms with van der Waals surface area (Å²) in [5.74, 6) is 0.303. The van der Waals surface area contributed by atoms with E-state index in [4.69, 9.17) is 16.3 Å². The van der Waals surface area contributed by atoms with Gasteiger partial charge in [0.15, 0.2) is 5.72 Å². The molecule has 2 bridgehead atoms. The van der Waals surface area contributed by atoms with Crippen LogP contribution in [0.25, 0.3) is 0 Å². The van der Waals surface area contributed by atoms with Crippen LogP contribution in [0.3, 0.4) is 0 Å². The highest BCUT2D eigenvalue weighted by atomic mass is 35.5. The number of ether oxygens (including phenoxy) is 1. The van der Waals surface area contributed by atoms with Crippen LogP contribution in [0.2, 0.25) is 5.02 Å². The highest BCUT2D eigenvalue weighted by Gasteiger charge is 2.55. The summed E-state index contributed by atoms with van der Waals surface area (Å²) in [5.41, 5.74) is 2.09. The third-order valence-corrected chi connectivity index (χ3v) is 6.46. The Bertz CT molecular complexity index is 1230. The number of urea groups is 1. The number of amides is 3. The monoisotopic (exact) mass is 446 g/mol. The number of imide groups is 1. The van der Waals surface area contributed by atoms with Gasteiger partial charge < -0.3 is 4.74 Å². The van der Waals surface area contributed by atoms with Gasteiger partial charge in [-0.25, -0.2) is 4.79 Å². The Balaban J connectivity index is 1.67. The molecule has 0 radical (unpaired) electrons. The second-order valence-corrected chi connectivity index (χ2v) is 8.80. The van der Waals surface area contributed by atoms with Crippen LogP contribution >= 0.6 is 11.6 Å². The van der Waals surface area contributed by atoms with E-state index in [9.17, 15) is 9.59 Å². The number of carbonyl (C=O) groups excluding carboxylic acids is 2. The van der Waals surface area contributed by atoms with E-state index in [1.54, 1.807) is 29.2 Å². The second-order valence-electron chi connectivity index (χ2n) is 8.36. The van der Waals surface area contributed by atoms with Crippen LogP contribution in [0.1, 0.15) is 47.8 Å². The lowest BCUT2D eigenvalue weighted by Gasteiger charge is -2.53. The number of benzene rings is 3. The maximum absolute atomic E-state index is 14.0. The Morgan fingerprint density at radius 2 is 1.88 bits per heavy atom. The molecule has 0 aromatic heterocycles. The first-order valence-electron chi connectivity index (χ1n) is 10.7. The molecule has 0 unspecified atom stereocenters. The van der Waals surface area contributed by atoms with Crippen molar-refractivity contribution in [3.63, 3.8) is 0 Å². The maximum atomic E-state index is 14.0. The molecule has 1 saturated heterocycles. The molecule has 2 atom stereocenters. The number of carbonyl (C=O) groups is 2. The molecule has 3 aromatic rings. The van der Waals surface area contributed by atoms with Crippen molar-refractivity contribution < 1.29 is 14.3 Å². The minimum atomic E-state index is -0.923. The SMILES string of the molecule is CCc1cccc(N2C(=O)N(C(=O)c3cccc(Cl)c3)[C@@H]3C[C@]2(C)Oc2ccccc23)c1. The molecule has 0 aliphatic carbocycles. The van der Waals surface area contributed by atoms with Crippen molar-refractivity contribution in [2.75, 3.05) is 4.90 Å². The van der Waals surface area contributed by atoms with Crippen LogP contribution in [0.4, 0.5) is 10.5 Å². The van der Waals surface area contributed by atoms with E-state index in [2.05, 4.69) is 6.92 Å². The summed E-state index contributed by atoms with van der Waals surface area (Å²) in [6, 6.07) is 21.3. The van der Waals surface area contributed by atoms with Crippen LogP contribution in [0.5, 0.6) is 5.75 Å². The zero-order chi connectivity index (χ0) is 22.5. The summed E-state index contributed by atoms with van der Waals surface area (Å²) < 4.78 is 6.40. The number of anilines is 1.